The summed E-state index contributed by atoms with van der Waals surface area (Å²) < 4.78 is 2.02. The largest absolute Gasteiger partial charge is 0.354 e. The molecule has 0 unspecified atom stereocenters. The van der Waals surface area contributed by atoms with Crippen LogP contribution in [0.1, 0.15) is 12.7 Å². The number of nitrogens with one attached hydrogen (secondary N) is 1. The molecular weight excluding hydrogens is 268 g/mol. The number of rotatable bonds is 3. The van der Waals surface area contributed by atoms with Crippen molar-refractivity contribution in [3.8, 4) is 0 Å². The van der Waals surface area contributed by atoms with Gasteiger partial charge in [-0.25, -0.2) is 0 Å². The van der Waals surface area contributed by atoms with Crippen molar-refractivity contribution < 1.29 is 0 Å². The van der Waals surface area contributed by atoms with E-state index in [0.717, 1.165) is 25.5 Å². The Morgan fingerprint density at radius 2 is 2.21 bits per heavy atom. The maximum Gasteiger partial charge on any atom is 0.231 e. The summed E-state index contributed by atoms with van der Waals surface area (Å²) in [7, 11) is 0. The van der Waals surface area contributed by atoms with Crippen molar-refractivity contribution >= 4 is 23.5 Å². The molecule has 0 aliphatic carbocycles. The first-order valence-corrected chi connectivity index (χ1v) is 6.41. The van der Waals surface area contributed by atoms with Gasteiger partial charge in [-0.05, 0) is 18.5 Å². The van der Waals surface area contributed by atoms with Crippen LogP contribution >= 0.6 is 11.6 Å². The molecule has 2 aromatic heterocycles. The fourth-order valence-electron chi connectivity index (χ4n) is 1.96. The lowest BCUT2D eigenvalue weighted by Gasteiger charge is -2.27. The van der Waals surface area contributed by atoms with Crippen LogP contribution in [0.4, 0.5) is 11.9 Å². The number of anilines is 2. The van der Waals surface area contributed by atoms with Crippen LogP contribution in [-0.4, -0.2) is 42.8 Å². The van der Waals surface area contributed by atoms with Gasteiger partial charge in [0.05, 0.1) is 6.54 Å². The summed E-state index contributed by atoms with van der Waals surface area (Å²) in [5.41, 5.74) is 0. The first-order valence-electron chi connectivity index (χ1n) is 6.03. The van der Waals surface area contributed by atoms with E-state index >= 15 is 0 Å². The van der Waals surface area contributed by atoms with Gasteiger partial charge >= 0.3 is 0 Å². The predicted octanol–water partition coefficient (Wildman–Crippen LogP) is 0.568. The van der Waals surface area contributed by atoms with E-state index in [1.807, 2.05) is 16.4 Å². The van der Waals surface area contributed by atoms with Crippen LogP contribution in [0.3, 0.4) is 0 Å². The number of aromatic nitrogens is 6. The zero-order valence-corrected chi connectivity index (χ0v) is 11.2. The number of halogens is 1. The van der Waals surface area contributed by atoms with Crippen LogP contribution < -0.4 is 10.2 Å². The summed E-state index contributed by atoms with van der Waals surface area (Å²) in [5.74, 6) is 1.95. The minimum absolute atomic E-state index is 0.188. The molecule has 0 amide bonds. The van der Waals surface area contributed by atoms with E-state index in [4.69, 9.17) is 11.6 Å². The van der Waals surface area contributed by atoms with E-state index in [1.165, 1.54) is 0 Å². The molecule has 8 nitrogen and oxygen atoms in total. The molecule has 1 aliphatic rings. The Morgan fingerprint density at radius 1 is 1.32 bits per heavy atom. The summed E-state index contributed by atoms with van der Waals surface area (Å²) in [6.45, 7) is 4.92. The van der Waals surface area contributed by atoms with Crippen LogP contribution in [0.5, 0.6) is 0 Å². The maximum absolute atomic E-state index is 5.92. The second kappa shape index (κ2) is 4.96. The molecule has 3 heterocycles. The molecule has 0 aromatic carbocycles. The third-order valence-electron chi connectivity index (χ3n) is 2.85. The minimum atomic E-state index is 0.188. The fourth-order valence-corrected chi connectivity index (χ4v) is 2.11. The predicted molar refractivity (Wildman–Crippen MR) is 70.1 cm³/mol. The molecule has 0 spiro atoms. The number of nitrogens with zero attached hydrogens (tertiary/aromatic N) is 7. The highest BCUT2D eigenvalue weighted by atomic mass is 35.5. The average Bonchev–Trinajstić information content (AvgIpc) is 2.85. The van der Waals surface area contributed by atoms with Gasteiger partial charge in [0.1, 0.15) is 6.33 Å². The second-order valence-corrected chi connectivity index (χ2v) is 4.46. The summed E-state index contributed by atoms with van der Waals surface area (Å²) >= 11 is 5.92. The Morgan fingerprint density at radius 3 is 3.05 bits per heavy atom. The number of hydrogen-bond donors (Lipinski definition) is 1. The Hall–Kier alpha value is -1.96. The summed E-state index contributed by atoms with van der Waals surface area (Å²) in [6.07, 6.45) is 1.73. The molecule has 0 saturated heterocycles. The lowest BCUT2D eigenvalue weighted by Crippen LogP contribution is -2.35. The molecular formula is C10H13ClN8. The highest BCUT2D eigenvalue weighted by Crippen LogP contribution is 2.18. The standard InChI is InChI=1S/C10H13ClN8/c1-2-12-9-14-8(11)15-10(16-9)18-3-4-19-6-13-17-7(19)5-18/h6H,2-5H2,1H3,(H,12,14,15,16). The number of fused-ring (bicyclic) bond motifs is 1. The summed E-state index contributed by atoms with van der Waals surface area (Å²) in [6, 6.07) is 0. The van der Waals surface area contributed by atoms with Crippen molar-refractivity contribution in [1.29, 1.82) is 0 Å². The van der Waals surface area contributed by atoms with Crippen molar-refractivity contribution in [1.82, 2.24) is 29.7 Å². The lowest BCUT2D eigenvalue weighted by atomic mass is 10.4. The first-order chi connectivity index (χ1) is 9.26. The first kappa shape index (κ1) is 12.1. The molecule has 0 fully saturated rings. The maximum atomic E-state index is 5.92. The SMILES string of the molecule is CCNc1nc(Cl)nc(N2CCn3cnnc3C2)n1. The molecule has 9 heteroatoms. The Bertz CT molecular complexity index is 583. The van der Waals surface area contributed by atoms with Crippen molar-refractivity contribution in [2.45, 2.75) is 20.0 Å². The van der Waals surface area contributed by atoms with Gasteiger partial charge in [0, 0.05) is 19.6 Å². The van der Waals surface area contributed by atoms with E-state index < -0.39 is 0 Å². The minimum Gasteiger partial charge on any atom is -0.354 e. The normalized spacial score (nSPS) is 14.3. The van der Waals surface area contributed by atoms with Crippen LogP contribution in [0.15, 0.2) is 6.33 Å². The molecule has 2 aromatic rings. The molecule has 3 rings (SSSR count). The Balaban J connectivity index is 1.87. The molecule has 100 valence electrons. The van der Waals surface area contributed by atoms with E-state index in [1.54, 1.807) is 6.33 Å². The highest BCUT2D eigenvalue weighted by molar-refractivity contribution is 6.28. The quantitative estimate of drug-likeness (QED) is 0.880. The molecule has 19 heavy (non-hydrogen) atoms. The topological polar surface area (TPSA) is 84.7 Å². The van der Waals surface area contributed by atoms with Crippen molar-refractivity contribution in [3.05, 3.63) is 17.4 Å². The van der Waals surface area contributed by atoms with Gasteiger partial charge < -0.3 is 14.8 Å². The summed E-state index contributed by atoms with van der Waals surface area (Å²) in [5, 5.41) is 11.2. The zero-order valence-electron chi connectivity index (χ0n) is 10.4. The van der Waals surface area contributed by atoms with E-state index in [0.29, 0.717) is 18.4 Å². The van der Waals surface area contributed by atoms with Gasteiger partial charge in [-0.2, -0.15) is 15.0 Å². The molecule has 0 saturated carbocycles. The van der Waals surface area contributed by atoms with Crippen LogP contribution in [0.2, 0.25) is 5.28 Å². The van der Waals surface area contributed by atoms with Crippen LogP contribution in [0.25, 0.3) is 0 Å². The van der Waals surface area contributed by atoms with E-state index in [-0.39, 0.29) is 5.28 Å². The van der Waals surface area contributed by atoms with E-state index in [2.05, 4.69) is 30.5 Å². The van der Waals surface area contributed by atoms with Gasteiger partial charge in [0.25, 0.3) is 0 Å². The van der Waals surface area contributed by atoms with Gasteiger partial charge in [-0.1, -0.05) is 0 Å². The average molecular weight is 281 g/mol. The molecule has 1 aliphatic heterocycles. The zero-order chi connectivity index (χ0) is 13.2. The fraction of sp³-hybridized carbons (Fsp3) is 0.500. The number of hydrogen-bond acceptors (Lipinski definition) is 7. The Labute approximate surface area is 114 Å². The van der Waals surface area contributed by atoms with Gasteiger partial charge in [0.2, 0.25) is 17.2 Å². The van der Waals surface area contributed by atoms with E-state index in [9.17, 15) is 0 Å². The van der Waals surface area contributed by atoms with Gasteiger partial charge in [-0.15, -0.1) is 10.2 Å². The third-order valence-corrected chi connectivity index (χ3v) is 3.02. The molecule has 0 atom stereocenters. The Kier molecular flexibility index (Phi) is 3.16. The van der Waals surface area contributed by atoms with Crippen molar-refractivity contribution in [2.75, 3.05) is 23.3 Å². The highest BCUT2D eigenvalue weighted by Gasteiger charge is 2.20. The molecule has 0 bridgehead atoms. The van der Waals surface area contributed by atoms with Gasteiger partial charge in [0.15, 0.2) is 5.82 Å². The lowest BCUT2D eigenvalue weighted by molar-refractivity contribution is 0.551. The molecule has 1 N–H and O–H groups in total. The molecule has 0 radical (unpaired) electrons. The van der Waals surface area contributed by atoms with Crippen molar-refractivity contribution in [2.24, 2.45) is 0 Å². The van der Waals surface area contributed by atoms with Crippen molar-refractivity contribution in [3.63, 3.8) is 0 Å². The second-order valence-electron chi connectivity index (χ2n) is 4.12. The third kappa shape index (κ3) is 2.43. The summed E-state index contributed by atoms with van der Waals surface area (Å²) in [4.78, 5) is 14.6. The van der Waals surface area contributed by atoms with Crippen LogP contribution in [-0.2, 0) is 13.1 Å². The van der Waals surface area contributed by atoms with Gasteiger partial charge in [-0.3, -0.25) is 0 Å². The monoisotopic (exact) mass is 280 g/mol. The van der Waals surface area contributed by atoms with Crippen LogP contribution in [0, 0.1) is 0 Å². The smallest absolute Gasteiger partial charge is 0.231 e.